The predicted octanol–water partition coefficient (Wildman–Crippen LogP) is 2.62. The Morgan fingerprint density at radius 3 is 3.06 bits per heavy atom. The second-order valence-electron chi connectivity index (χ2n) is 4.64. The molecular formula is C13H15BrN2O. The summed E-state index contributed by atoms with van der Waals surface area (Å²) in [5.41, 5.74) is 2.56. The van der Waals surface area contributed by atoms with Gasteiger partial charge in [0.25, 0.3) is 0 Å². The molecule has 0 amide bonds. The Hall–Kier alpha value is -0.870. The van der Waals surface area contributed by atoms with Gasteiger partial charge in [-0.15, -0.1) is 0 Å². The van der Waals surface area contributed by atoms with Gasteiger partial charge in [0, 0.05) is 18.8 Å². The molecule has 0 bridgehead atoms. The first-order valence-corrected chi connectivity index (χ1v) is 6.71. The van der Waals surface area contributed by atoms with Crippen molar-refractivity contribution in [3.63, 3.8) is 0 Å². The smallest absolute Gasteiger partial charge is 0.152 e. The summed E-state index contributed by atoms with van der Waals surface area (Å²) < 4.78 is 6.05. The molecule has 3 rings (SSSR count). The molecule has 0 saturated carbocycles. The van der Waals surface area contributed by atoms with Crippen LogP contribution in [0.3, 0.4) is 0 Å². The highest BCUT2D eigenvalue weighted by molar-refractivity contribution is 9.10. The Morgan fingerprint density at radius 2 is 2.41 bits per heavy atom. The van der Waals surface area contributed by atoms with E-state index in [0.717, 1.165) is 22.7 Å². The fourth-order valence-electron chi connectivity index (χ4n) is 2.53. The van der Waals surface area contributed by atoms with Crippen molar-refractivity contribution < 1.29 is 4.74 Å². The lowest BCUT2D eigenvalue weighted by Gasteiger charge is -2.40. The van der Waals surface area contributed by atoms with Gasteiger partial charge in [-0.05, 0) is 51.9 Å². The molecule has 1 aromatic rings. The van der Waals surface area contributed by atoms with Gasteiger partial charge in [-0.25, -0.2) is 4.98 Å². The van der Waals surface area contributed by atoms with E-state index >= 15 is 0 Å². The molecule has 0 radical (unpaired) electrons. The van der Waals surface area contributed by atoms with E-state index in [2.05, 4.69) is 38.4 Å². The maximum atomic E-state index is 5.29. The molecule has 2 atom stereocenters. The second-order valence-corrected chi connectivity index (χ2v) is 5.39. The summed E-state index contributed by atoms with van der Waals surface area (Å²) in [5.74, 6) is 1.65. The molecule has 1 aliphatic carbocycles. The Labute approximate surface area is 109 Å². The molecule has 2 unspecified atom stereocenters. The van der Waals surface area contributed by atoms with Crippen LogP contribution < -0.4 is 10.1 Å². The van der Waals surface area contributed by atoms with Gasteiger partial charge in [0.15, 0.2) is 5.75 Å². The van der Waals surface area contributed by atoms with E-state index in [-0.39, 0.29) is 0 Å². The Morgan fingerprint density at radius 1 is 1.53 bits per heavy atom. The first-order chi connectivity index (χ1) is 8.28. The Kier molecular flexibility index (Phi) is 2.92. The van der Waals surface area contributed by atoms with Crippen molar-refractivity contribution in [2.45, 2.75) is 18.9 Å². The number of nitrogens with one attached hydrogen (secondary N) is 1. The molecule has 3 nitrogen and oxygen atoms in total. The highest BCUT2D eigenvalue weighted by Crippen LogP contribution is 2.35. The van der Waals surface area contributed by atoms with Gasteiger partial charge < -0.3 is 10.1 Å². The van der Waals surface area contributed by atoms with Crippen molar-refractivity contribution >= 4 is 21.5 Å². The lowest BCUT2D eigenvalue weighted by Crippen LogP contribution is -2.52. The number of aromatic nitrogens is 1. The number of hydrogen-bond donors (Lipinski definition) is 1. The van der Waals surface area contributed by atoms with Crippen molar-refractivity contribution in [2.75, 3.05) is 13.7 Å². The van der Waals surface area contributed by atoms with Crippen LogP contribution >= 0.6 is 15.9 Å². The average molecular weight is 295 g/mol. The first kappa shape index (κ1) is 11.2. The highest BCUT2D eigenvalue weighted by atomic mass is 79.9. The third-order valence-corrected chi connectivity index (χ3v) is 4.28. The predicted molar refractivity (Wildman–Crippen MR) is 71.0 cm³/mol. The molecule has 90 valence electrons. The highest BCUT2D eigenvalue weighted by Gasteiger charge is 2.31. The summed E-state index contributed by atoms with van der Waals surface area (Å²) in [6, 6.07) is 2.63. The number of allylic oxidation sites excluding steroid dienone is 1. The van der Waals surface area contributed by atoms with Crippen LogP contribution in [-0.2, 0) is 0 Å². The van der Waals surface area contributed by atoms with Gasteiger partial charge in [0.2, 0.25) is 0 Å². The third kappa shape index (κ3) is 2.00. The van der Waals surface area contributed by atoms with E-state index in [1.54, 1.807) is 7.11 Å². The summed E-state index contributed by atoms with van der Waals surface area (Å²) in [6.45, 7) is 1.18. The zero-order valence-electron chi connectivity index (χ0n) is 9.74. The molecule has 0 aromatic carbocycles. The van der Waals surface area contributed by atoms with E-state index in [4.69, 9.17) is 4.74 Å². The molecule has 0 spiro atoms. The average Bonchev–Trinajstić information content (AvgIpc) is 2.32. The number of pyridine rings is 1. The van der Waals surface area contributed by atoms with Crippen LogP contribution in [0.4, 0.5) is 0 Å². The van der Waals surface area contributed by atoms with Gasteiger partial charge in [0.1, 0.15) is 4.60 Å². The molecule has 4 heteroatoms. The Balaban J connectivity index is 1.91. The maximum absolute atomic E-state index is 5.29. The molecule has 1 aliphatic heterocycles. The first-order valence-electron chi connectivity index (χ1n) is 5.92. The van der Waals surface area contributed by atoms with Crippen molar-refractivity contribution in [1.29, 1.82) is 0 Å². The lowest BCUT2D eigenvalue weighted by molar-refractivity contribution is 0.256. The molecule has 1 fully saturated rings. The topological polar surface area (TPSA) is 34.1 Å². The standard InChI is InChI=1S/C13H15BrN2O/c1-17-12-5-10(7-16-13(12)14)8-2-3-9-6-15-11(9)4-8/h4-5,7,9,11,15H,2-3,6H2,1H3. The monoisotopic (exact) mass is 294 g/mol. The minimum atomic E-state index is 0.577. The second kappa shape index (κ2) is 4.42. The largest absolute Gasteiger partial charge is 0.494 e. The van der Waals surface area contributed by atoms with Crippen LogP contribution in [0.15, 0.2) is 22.9 Å². The summed E-state index contributed by atoms with van der Waals surface area (Å²) in [5, 5.41) is 3.45. The maximum Gasteiger partial charge on any atom is 0.152 e. The summed E-state index contributed by atoms with van der Waals surface area (Å²) >= 11 is 3.38. The van der Waals surface area contributed by atoms with Crippen LogP contribution in [0.1, 0.15) is 18.4 Å². The number of ether oxygens (including phenoxy) is 1. The minimum Gasteiger partial charge on any atom is -0.494 e. The zero-order valence-corrected chi connectivity index (χ0v) is 11.3. The van der Waals surface area contributed by atoms with Gasteiger partial charge in [0.05, 0.1) is 7.11 Å². The number of halogens is 1. The van der Waals surface area contributed by atoms with Crippen LogP contribution in [0, 0.1) is 5.92 Å². The minimum absolute atomic E-state index is 0.577. The SMILES string of the molecule is COc1cc(C2=CC3NCC3CC2)cnc1Br. The number of rotatable bonds is 2. The molecule has 17 heavy (non-hydrogen) atoms. The van der Waals surface area contributed by atoms with Crippen molar-refractivity contribution in [1.82, 2.24) is 10.3 Å². The van der Waals surface area contributed by atoms with Crippen LogP contribution in [-0.4, -0.2) is 24.7 Å². The van der Waals surface area contributed by atoms with Gasteiger partial charge in [-0.2, -0.15) is 0 Å². The van der Waals surface area contributed by atoms with E-state index in [0.29, 0.717) is 6.04 Å². The van der Waals surface area contributed by atoms with Crippen LogP contribution in [0.5, 0.6) is 5.75 Å². The molecule has 2 aliphatic rings. The van der Waals surface area contributed by atoms with E-state index in [9.17, 15) is 0 Å². The quantitative estimate of drug-likeness (QED) is 0.852. The summed E-state index contributed by atoms with van der Waals surface area (Å²) in [7, 11) is 1.67. The number of hydrogen-bond acceptors (Lipinski definition) is 3. The van der Waals surface area contributed by atoms with Crippen molar-refractivity contribution in [3.05, 3.63) is 28.5 Å². The molecule has 1 N–H and O–H groups in total. The Bertz CT molecular complexity index is 472. The fraction of sp³-hybridized carbons (Fsp3) is 0.462. The fourth-order valence-corrected chi connectivity index (χ4v) is 2.90. The van der Waals surface area contributed by atoms with Crippen LogP contribution in [0.25, 0.3) is 5.57 Å². The molecule has 1 aromatic heterocycles. The number of fused-ring (bicyclic) bond motifs is 1. The van der Waals surface area contributed by atoms with E-state index in [1.807, 2.05) is 6.20 Å². The summed E-state index contributed by atoms with van der Waals surface area (Å²) in [4.78, 5) is 4.32. The van der Waals surface area contributed by atoms with Gasteiger partial charge >= 0.3 is 0 Å². The molecule has 2 heterocycles. The third-order valence-electron chi connectivity index (χ3n) is 3.69. The van der Waals surface area contributed by atoms with E-state index < -0.39 is 0 Å². The van der Waals surface area contributed by atoms with Crippen molar-refractivity contribution in [3.8, 4) is 5.75 Å². The molecular weight excluding hydrogens is 280 g/mol. The lowest BCUT2D eigenvalue weighted by atomic mass is 9.79. The summed E-state index contributed by atoms with van der Waals surface area (Å²) in [6.07, 6.45) is 6.69. The van der Waals surface area contributed by atoms with Crippen molar-refractivity contribution in [2.24, 2.45) is 5.92 Å². The normalized spacial score (nSPS) is 26.8. The van der Waals surface area contributed by atoms with Gasteiger partial charge in [-0.3, -0.25) is 0 Å². The van der Waals surface area contributed by atoms with Gasteiger partial charge in [-0.1, -0.05) is 6.08 Å². The molecule has 1 saturated heterocycles. The number of nitrogens with zero attached hydrogens (tertiary/aromatic N) is 1. The van der Waals surface area contributed by atoms with E-state index in [1.165, 1.54) is 24.1 Å². The van der Waals surface area contributed by atoms with Crippen LogP contribution in [0.2, 0.25) is 0 Å². The zero-order chi connectivity index (χ0) is 11.8. The number of methoxy groups -OCH3 is 1.